The van der Waals surface area contributed by atoms with Gasteiger partial charge in [-0.15, -0.1) is 5.10 Å². The Morgan fingerprint density at radius 1 is 1.23 bits per heavy atom. The van der Waals surface area contributed by atoms with Gasteiger partial charge in [0.15, 0.2) is 5.13 Å². The molecule has 0 saturated heterocycles. The maximum Gasteiger partial charge on any atom is 0.273 e. The van der Waals surface area contributed by atoms with E-state index in [2.05, 4.69) is 44.3 Å². The van der Waals surface area contributed by atoms with Gasteiger partial charge in [-0.1, -0.05) is 45.6 Å². The van der Waals surface area contributed by atoms with Gasteiger partial charge in [-0.25, -0.2) is 4.98 Å². The summed E-state index contributed by atoms with van der Waals surface area (Å²) in [7, 11) is 0. The number of rotatable bonds is 7. The summed E-state index contributed by atoms with van der Waals surface area (Å²) in [4.78, 5) is 22.5. The Kier molecular flexibility index (Phi) is 6.33. The number of aromatic nitrogens is 3. The van der Waals surface area contributed by atoms with Gasteiger partial charge < -0.3 is 4.90 Å². The highest BCUT2D eigenvalue weighted by molar-refractivity contribution is 9.10. The van der Waals surface area contributed by atoms with Gasteiger partial charge in [-0.2, -0.15) is 0 Å². The largest absolute Gasteiger partial charge is 0.302 e. The lowest BCUT2D eigenvalue weighted by atomic mass is 10.3. The van der Waals surface area contributed by atoms with Gasteiger partial charge in [-0.3, -0.25) is 9.69 Å². The minimum Gasteiger partial charge on any atom is -0.302 e. The van der Waals surface area contributed by atoms with Crippen LogP contribution in [0.4, 0.5) is 5.13 Å². The maximum absolute atomic E-state index is 13.2. The zero-order chi connectivity index (χ0) is 18.7. The molecule has 9 heteroatoms. The van der Waals surface area contributed by atoms with Gasteiger partial charge in [0, 0.05) is 17.6 Å². The van der Waals surface area contributed by atoms with E-state index in [9.17, 15) is 4.79 Å². The molecule has 1 aromatic carbocycles. The van der Waals surface area contributed by atoms with Crippen molar-refractivity contribution < 1.29 is 4.79 Å². The van der Waals surface area contributed by atoms with E-state index >= 15 is 0 Å². The van der Waals surface area contributed by atoms with E-state index in [0.29, 0.717) is 22.2 Å². The minimum atomic E-state index is -0.0808. The summed E-state index contributed by atoms with van der Waals surface area (Å²) in [5.41, 5.74) is 1.56. The van der Waals surface area contributed by atoms with Gasteiger partial charge in [-0.05, 0) is 49.7 Å². The van der Waals surface area contributed by atoms with Gasteiger partial charge in [0.1, 0.15) is 4.88 Å². The molecule has 1 amide bonds. The Morgan fingerprint density at radius 2 is 2.00 bits per heavy atom. The number of amides is 1. The number of thiazole rings is 1. The van der Waals surface area contributed by atoms with E-state index in [0.717, 1.165) is 45.9 Å². The molecular formula is C17H20BrN5OS2. The third kappa shape index (κ3) is 4.11. The summed E-state index contributed by atoms with van der Waals surface area (Å²) >= 11 is 6.16. The molecule has 0 aliphatic carbocycles. The second kappa shape index (κ2) is 8.51. The van der Waals surface area contributed by atoms with E-state index in [4.69, 9.17) is 4.98 Å². The van der Waals surface area contributed by atoms with Gasteiger partial charge in [0.2, 0.25) is 0 Å². The number of likely N-dealkylation sites (N-methyl/N-ethyl adjacent to an activating group) is 1. The number of hydrogen-bond donors (Lipinski definition) is 0. The number of benzene rings is 1. The normalized spacial score (nSPS) is 11.4. The highest BCUT2D eigenvalue weighted by atomic mass is 79.9. The zero-order valence-corrected chi connectivity index (χ0v) is 18.1. The number of aryl methyl sites for hydroxylation is 1. The number of fused-ring (bicyclic) bond motifs is 1. The number of nitrogens with zero attached hydrogens (tertiary/aromatic N) is 5. The fourth-order valence-corrected chi connectivity index (χ4v) is 4.77. The minimum absolute atomic E-state index is 0.0808. The van der Waals surface area contributed by atoms with Crippen molar-refractivity contribution in [3.63, 3.8) is 0 Å². The summed E-state index contributed by atoms with van der Waals surface area (Å²) in [6.07, 6.45) is 0. The molecule has 0 aliphatic heterocycles. The topological polar surface area (TPSA) is 62.2 Å². The van der Waals surface area contributed by atoms with Crippen molar-refractivity contribution in [3.05, 3.63) is 33.2 Å². The van der Waals surface area contributed by atoms with Crippen molar-refractivity contribution in [3.8, 4) is 0 Å². The molecule has 0 aliphatic rings. The van der Waals surface area contributed by atoms with E-state index in [1.807, 2.05) is 25.1 Å². The van der Waals surface area contributed by atoms with Crippen LogP contribution in [-0.2, 0) is 0 Å². The molecule has 2 heterocycles. The van der Waals surface area contributed by atoms with Crippen LogP contribution < -0.4 is 4.90 Å². The van der Waals surface area contributed by atoms with Gasteiger partial charge >= 0.3 is 0 Å². The summed E-state index contributed by atoms with van der Waals surface area (Å²) in [6, 6.07) is 5.96. The van der Waals surface area contributed by atoms with Gasteiger partial charge in [0.25, 0.3) is 5.91 Å². The molecule has 26 heavy (non-hydrogen) atoms. The molecule has 0 N–H and O–H groups in total. The zero-order valence-electron chi connectivity index (χ0n) is 14.9. The third-order valence-electron chi connectivity index (χ3n) is 4.20. The maximum atomic E-state index is 13.2. The average Bonchev–Trinajstić information content (AvgIpc) is 3.23. The SMILES string of the molecule is CCN(CC)CCN(C(=O)c1snnc1C)c1nc2ccc(Br)cc2s1. The Labute approximate surface area is 169 Å². The van der Waals surface area contributed by atoms with Crippen LogP contribution in [0.2, 0.25) is 0 Å². The molecule has 3 rings (SSSR count). The van der Waals surface area contributed by atoms with Crippen LogP contribution in [0.5, 0.6) is 0 Å². The molecule has 0 radical (unpaired) electrons. The van der Waals surface area contributed by atoms with Crippen LogP contribution in [-0.4, -0.2) is 51.6 Å². The van der Waals surface area contributed by atoms with Crippen LogP contribution in [0, 0.1) is 6.92 Å². The first-order chi connectivity index (χ1) is 12.5. The second-order valence-corrected chi connectivity index (χ2v) is 8.46. The van der Waals surface area contributed by atoms with Crippen molar-refractivity contribution in [1.29, 1.82) is 0 Å². The van der Waals surface area contributed by atoms with E-state index in [-0.39, 0.29) is 5.91 Å². The fourth-order valence-electron chi connectivity index (χ4n) is 2.62. The van der Waals surface area contributed by atoms with Crippen LogP contribution in [0.15, 0.2) is 22.7 Å². The molecule has 2 aromatic heterocycles. The van der Waals surface area contributed by atoms with Crippen molar-refractivity contribution in [2.75, 3.05) is 31.1 Å². The molecular weight excluding hydrogens is 434 g/mol. The van der Waals surface area contributed by atoms with Crippen LogP contribution in [0.1, 0.15) is 29.2 Å². The molecule has 138 valence electrons. The van der Waals surface area contributed by atoms with Gasteiger partial charge in [0.05, 0.1) is 15.9 Å². The Bertz CT molecular complexity index is 906. The lowest BCUT2D eigenvalue weighted by molar-refractivity contribution is 0.0987. The molecule has 0 saturated carbocycles. The first-order valence-electron chi connectivity index (χ1n) is 8.42. The smallest absolute Gasteiger partial charge is 0.273 e. The Hall–Kier alpha value is -1.42. The summed E-state index contributed by atoms with van der Waals surface area (Å²) in [6.45, 7) is 9.35. The molecule has 0 atom stereocenters. The van der Waals surface area contributed by atoms with Crippen molar-refractivity contribution in [2.45, 2.75) is 20.8 Å². The number of anilines is 1. The summed E-state index contributed by atoms with van der Waals surface area (Å²) in [5, 5.41) is 4.69. The molecule has 0 fully saturated rings. The van der Waals surface area contributed by atoms with Crippen molar-refractivity contribution >= 4 is 60.1 Å². The molecule has 0 unspecified atom stereocenters. The van der Waals surface area contributed by atoms with E-state index < -0.39 is 0 Å². The highest BCUT2D eigenvalue weighted by Crippen LogP contribution is 2.32. The quantitative estimate of drug-likeness (QED) is 0.535. The van der Waals surface area contributed by atoms with E-state index in [1.165, 1.54) is 11.3 Å². The fraction of sp³-hybridized carbons (Fsp3) is 0.412. The second-order valence-electron chi connectivity index (χ2n) is 5.78. The Morgan fingerprint density at radius 3 is 2.65 bits per heavy atom. The summed E-state index contributed by atoms with van der Waals surface area (Å²) in [5.74, 6) is -0.0808. The standard InChI is InChI=1S/C17H20BrN5OS2/c1-4-22(5-2)8-9-23(16(24)15-11(3)20-21-26-15)17-19-13-7-6-12(18)10-14(13)25-17/h6-7,10H,4-5,8-9H2,1-3H3. The molecule has 3 aromatic rings. The average molecular weight is 454 g/mol. The first kappa shape index (κ1) is 19.3. The Balaban J connectivity index is 1.95. The lowest BCUT2D eigenvalue weighted by Gasteiger charge is -2.24. The number of hydrogen-bond acceptors (Lipinski definition) is 7. The third-order valence-corrected chi connectivity index (χ3v) is 6.55. The summed E-state index contributed by atoms with van der Waals surface area (Å²) < 4.78 is 5.96. The van der Waals surface area contributed by atoms with E-state index in [1.54, 1.807) is 4.90 Å². The van der Waals surface area contributed by atoms with Crippen LogP contribution >= 0.6 is 38.8 Å². The molecule has 0 spiro atoms. The molecule has 0 bridgehead atoms. The predicted molar refractivity (Wildman–Crippen MR) is 111 cm³/mol. The lowest BCUT2D eigenvalue weighted by Crippen LogP contribution is -2.38. The number of carbonyl (C=O) groups excluding carboxylic acids is 1. The molecule has 6 nitrogen and oxygen atoms in total. The van der Waals surface area contributed by atoms with Crippen LogP contribution in [0.3, 0.4) is 0 Å². The number of carbonyl (C=O) groups is 1. The van der Waals surface area contributed by atoms with Crippen molar-refractivity contribution in [2.24, 2.45) is 0 Å². The highest BCUT2D eigenvalue weighted by Gasteiger charge is 2.25. The van der Waals surface area contributed by atoms with Crippen molar-refractivity contribution in [1.82, 2.24) is 19.5 Å². The monoisotopic (exact) mass is 453 g/mol. The number of halogens is 1. The predicted octanol–water partition coefficient (Wildman–Crippen LogP) is 4.21. The van der Waals surface area contributed by atoms with Crippen LogP contribution in [0.25, 0.3) is 10.2 Å². The first-order valence-corrected chi connectivity index (χ1v) is 10.8.